The van der Waals surface area contributed by atoms with Gasteiger partial charge in [-0.25, -0.2) is 9.50 Å². The number of aromatic nitrogens is 5. The first-order chi connectivity index (χ1) is 12.2. The van der Waals surface area contributed by atoms with E-state index < -0.39 is 0 Å². The predicted molar refractivity (Wildman–Crippen MR) is 93.3 cm³/mol. The van der Waals surface area contributed by atoms with Gasteiger partial charge in [-0.2, -0.15) is 10.2 Å². The van der Waals surface area contributed by atoms with Crippen molar-refractivity contribution in [3.05, 3.63) is 47.7 Å². The molecule has 1 amide bonds. The average Bonchev–Trinajstić information content (AvgIpc) is 3.26. The third-order valence-electron chi connectivity index (χ3n) is 4.88. The molecule has 3 aromatic rings. The first-order valence-corrected chi connectivity index (χ1v) is 8.83. The standard InChI is InChI=1S/C18H22N6O/c1-3-23-13(2)12-15(21-23)18(25)22-10-5-4-6-16(22)14-8-11-24-17(20-14)7-9-19-24/h7-9,11-12,16H,3-6,10H2,1-2H3/t16-/m1/s1. The number of hydrogen-bond donors (Lipinski definition) is 0. The molecule has 0 aliphatic carbocycles. The van der Waals surface area contributed by atoms with Crippen LogP contribution in [0.4, 0.5) is 0 Å². The van der Waals surface area contributed by atoms with E-state index in [1.807, 2.05) is 47.8 Å². The lowest BCUT2D eigenvalue weighted by Gasteiger charge is -2.35. The first-order valence-electron chi connectivity index (χ1n) is 8.83. The molecular formula is C18H22N6O. The van der Waals surface area contributed by atoms with Crippen molar-refractivity contribution < 1.29 is 4.79 Å². The highest BCUT2D eigenvalue weighted by molar-refractivity contribution is 5.92. The molecule has 25 heavy (non-hydrogen) atoms. The Hall–Kier alpha value is -2.70. The molecule has 130 valence electrons. The van der Waals surface area contributed by atoms with E-state index in [4.69, 9.17) is 4.98 Å². The highest BCUT2D eigenvalue weighted by atomic mass is 16.2. The third kappa shape index (κ3) is 2.79. The normalized spacial score (nSPS) is 18.0. The van der Waals surface area contributed by atoms with Crippen LogP contribution in [0, 0.1) is 6.92 Å². The lowest BCUT2D eigenvalue weighted by atomic mass is 9.98. The quantitative estimate of drug-likeness (QED) is 0.736. The van der Waals surface area contributed by atoms with Crippen LogP contribution in [0.2, 0.25) is 0 Å². The number of nitrogens with zero attached hydrogens (tertiary/aromatic N) is 6. The number of hydrogen-bond acceptors (Lipinski definition) is 4. The van der Waals surface area contributed by atoms with Crippen molar-refractivity contribution in [3.63, 3.8) is 0 Å². The Bertz CT molecular complexity index is 911. The van der Waals surface area contributed by atoms with Gasteiger partial charge in [0.2, 0.25) is 0 Å². The summed E-state index contributed by atoms with van der Waals surface area (Å²) in [6.07, 6.45) is 6.69. The number of piperidine rings is 1. The van der Waals surface area contributed by atoms with Crippen molar-refractivity contribution in [1.82, 2.24) is 29.3 Å². The van der Waals surface area contributed by atoms with Gasteiger partial charge in [-0.3, -0.25) is 9.48 Å². The summed E-state index contributed by atoms with van der Waals surface area (Å²) in [5.74, 6) is -0.00446. The molecule has 4 rings (SSSR count). The van der Waals surface area contributed by atoms with Gasteiger partial charge in [-0.15, -0.1) is 0 Å². The highest BCUT2D eigenvalue weighted by Crippen LogP contribution is 2.31. The second-order valence-corrected chi connectivity index (χ2v) is 6.48. The molecule has 1 aliphatic heterocycles. The number of carbonyl (C=O) groups is 1. The van der Waals surface area contributed by atoms with E-state index in [0.29, 0.717) is 5.69 Å². The molecule has 4 heterocycles. The SMILES string of the molecule is CCn1nc(C(=O)N2CCCC[C@@H]2c2ccn3nccc3n2)cc1C. The zero-order valence-corrected chi connectivity index (χ0v) is 14.6. The van der Waals surface area contributed by atoms with E-state index in [1.54, 1.807) is 10.7 Å². The van der Waals surface area contributed by atoms with Crippen molar-refractivity contribution in [2.45, 2.75) is 45.7 Å². The maximum Gasteiger partial charge on any atom is 0.274 e. The molecule has 0 N–H and O–H groups in total. The molecule has 1 aliphatic rings. The molecule has 7 heteroatoms. The summed E-state index contributed by atoms with van der Waals surface area (Å²) in [4.78, 5) is 19.7. The van der Waals surface area contributed by atoms with E-state index in [1.165, 1.54) is 0 Å². The first kappa shape index (κ1) is 15.8. The minimum atomic E-state index is -0.00627. The van der Waals surface area contributed by atoms with Crippen LogP contribution in [0.1, 0.15) is 54.1 Å². The fraction of sp³-hybridized carbons (Fsp3) is 0.444. The molecular weight excluding hydrogens is 316 g/mol. The maximum atomic E-state index is 13.1. The number of amides is 1. The fourth-order valence-electron chi connectivity index (χ4n) is 3.58. The van der Waals surface area contributed by atoms with Crippen molar-refractivity contribution in [3.8, 4) is 0 Å². The summed E-state index contributed by atoms with van der Waals surface area (Å²) < 4.78 is 3.60. The number of rotatable bonds is 3. The Balaban J connectivity index is 1.66. The van der Waals surface area contributed by atoms with Crippen LogP contribution in [0.3, 0.4) is 0 Å². The fourth-order valence-corrected chi connectivity index (χ4v) is 3.58. The average molecular weight is 338 g/mol. The lowest BCUT2D eigenvalue weighted by Crippen LogP contribution is -2.39. The summed E-state index contributed by atoms with van der Waals surface area (Å²) in [6.45, 7) is 5.52. The molecule has 1 atom stereocenters. The third-order valence-corrected chi connectivity index (χ3v) is 4.88. The van der Waals surface area contributed by atoms with Gasteiger partial charge in [0.1, 0.15) is 0 Å². The van der Waals surface area contributed by atoms with Crippen LogP contribution in [0.15, 0.2) is 30.6 Å². The minimum Gasteiger partial charge on any atom is -0.329 e. The maximum absolute atomic E-state index is 13.1. The number of likely N-dealkylation sites (tertiary alicyclic amines) is 1. The van der Waals surface area contributed by atoms with Crippen molar-refractivity contribution in [2.75, 3.05) is 6.54 Å². The summed E-state index contributed by atoms with van der Waals surface area (Å²) >= 11 is 0. The Labute approximate surface area is 146 Å². The van der Waals surface area contributed by atoms with Crippen LogP contribution < -0.4 is 0 Å². The van der Waals surface area contributed by atoms with Crippen molar-refractivity contribution in [2.24, 2.45) is 0 Å². The van der Waals surface area contributed by atoms with Gasteiger partial charge in [0, 0.05) is 31.0 Å². The second-order valence-electron chi connectivity index (χ2n) is 6.48. The Morgan fingerprint density at radius 3 is 3.00 bits per heavy atom. The van der Waals surface area contributed by atoms with E-state index in [9.17, 15) is 4.79 Å². The summed E-state index contributed by atoms with van der Waals surface area (Å²) in [7, 11) is 0. The summed E-state index contributed by atoms with van der Waals surface area (Å²) in [5, 5.41) is 8.65. The molecule has 0 bridgehead atoms. The number of aryl methyl sites for hydroxylation is 2. The van der Waals surface area contributed by atoms with E-state index in [0.717, 1.165) is 49.4 Å². The molecule has 1 fully saturated rings. The Kier molecular flexibility index (Phi) is 3.99. The van der Waals surface area contributed by atoms with E-state index in [-0.39, 0.29) is 11.9 Å². The number of fused-ring (bicyclic) bond motifs is 1. The molecule has 0 aromatic carbocycles. The largest absolute Gasteiger partial charge is 0.329 e. The molecule has 0 saturated carbocycles. The van der Waals surface area contributed by atoms with E-state index >= 15 is 0 Å². The highest BCUT2D eigenvalue weighted by Gasteiger charge is 2.31. The molecule has 7 nitrogen and oxygen atoms in total. The zero-order chi connectivity index (χ0) is 17.4. The van der Waals surface area contributed by atoms with Gasteiger partial charge < -0.3 is 4.90 Å². The zero-order valence-electron chi connectivity index (χ0n) is 14.6. The van der Waals surface area contributed by atoms with Gasteiger partial charge in [0.05, 0.1) is 17.9 Å². The molecule has 0 radical (unpaired) electrons. The van der Waals surface area contributed by atoms with Crippen LogP contribution in [0.5, 0.6) is 0 Å². The van der Waals surface area contributed by atoms with Gasteiger partial charge >= 0.3 is 0 Å². The molecule has 3 aromatic heterocycles. The summed E-state index contributed by atoms with van der Waals surface area (Å²) in [5.41, 5.74) is 3.27. The minimum absolute atomic E-state index is 0.00446. The van der Waals surface area contributed by atoms with E-state index in [2.05, 4.69) is 10.2 Å². The number of carbonyl (C=O) groups excluding carboxylic acids is 1. The monoisotopic (exact) mass is 338 g/mol. The predicted octanol–water partition coefficient (Wildman–Crippen LogP) is 2.62. The second kappa shape index (κ2) is 6.31. The van der Waals surface area contributed by atoms with Crippen LogP contribution in [-0.4, -0.2) is 41.7 Å². The topological polar surface area (TPSA) is 68.3 Å². The summed E-state index contributed by atoms with van der Waals surface area (Å²) in [6, 6.07) is 5.72. The van der Waals surface area contributed by atoms with Crippen LogP contribution >= 0.6 is 0 Å². The molecule has 0 unspecified atom stereocenters. The Morgan fingerprint density at radius 1 is 1.32 bits per heavy atom. The smallest absolute Gasteiger partial charge is 0.274 e. The van der Waals surface area contributed by atoms with Gasteiger partial charge in [-0.05, 0) is 45.2 Å². The van der Waals surface area contributed by atoms with Crippen molar-refractivity contribution in [1.29, 1.82) is 0 Å². The van der Waals surface area contributed by atoms with Gasteiger partial charge in [0.15, 0.2) is 11.3 Å². The van der Waals surface area contributed by atoms with Gasteiger partial charge in [0.25, 0.3) is 5.91 Å². The van der Waals surface area contributed by atoms with Gasteiger partial charge in [-0.1, -0.05) is 0 Å². The van der Waals surface area contributed by atoms with Crippen LogP contribution in [-0.2, 0) is 6.54 Å². The molecule has 1 saturated heterocycles. The lowest BCUT2D eigenvalue weighted by molar-refractivity contribution is 0.0599. The van der Waals surface area contributed by atoms with Crippen molar-refractivity contribution >= 4 is 11.6 Å². The van der Waals surface area contributed by atoms with Crippen LogP contribution in [0.25, 0.3) is 5.65 Å². The Morgan fingerprint density at radius 2 is 2.20 bits per heavy atom. The molecule has 0 spiro atoms.